The van der Waals surface area contributed by atoms with Gasteiger partial charge in [-0.15, -0.1) is 0 Å². The molecule has 2 N–H and O–H groups in total. The van der Waals surface area contributed by atoms with Crippen molar-refractivity contribution >= 4 is 32.8 Å². The van der Waals surface area contributed by atoms with Crippen molar-refractivity contribution in [3.05, 3.63) is 83.3 Å². The number of hydrogen-bond donors (Lipinski definition) is 2. The molecule has 0 unspecified atom stereocenters. The van der Waals surface area contributed by atoms with Crippen molar-refractivity contribution < 1.29 is 23.1 Å². The second-order valence-electron chi connectivity index (χ2n) is 6.11. The number of carbonyl (C=O) groups is 1. The molecule has 0 amide bonds. The maximum atomic E-state index is 12.2. The number of ether oxygens (including phenoxy) is 1. The van der Waals surface area contributed by atoms with Crippen molar-refractivity contribution in [2.45, 2.75) is 6.54 Å². The van der Waals surface area contributed by atoms with Gasteiger partial charge in [-0.1, -0.05) is 48.5 Å². The van der Waals surface area contributed by atoms with Crippen LogP contribution in [-0.4, -0.2) is 26.1 Å². The monoisotopic (exact) mass is 397 g/mol. The highest BCUT2D eigenvalue weighted by Gasteiger charge is 2.06. The van der Waals surface area contributed by atoms with Crippen molar-refractivity contribution in [2.75, 3.05) is 6.61 Å². The van der Waals surface area contributed by atoms with E-state index in [4.69, 9.17) is 9.84 Å². The van der Waals surface area contributed by atoms with E-state index in [1.165, 1.54) is 6.08 Å². The average molecular weight is 397 g/mol. The number of sulfonamides is 1. The number of benzene rings is 3. The number of nitrogens with one attached hydrogen (secondary N) is 1. The molecule has 0 aliphatic rings. The molecule has 7 heteroatoms. The quantitative estimate of drug-likeness (QED) is 0.608. The molecule has 28 heavy (non-hydrogen) atoms. The molecule has 0 heterocycles. The Kier molecular flexibility index (Phi) is 6.08. The van der Waals surface area contributed by atoms with Crippen molar-refractivity contribution in [3.8, 4) is 5.75 Å². The lowest BCUT2D eigenvalue weighted by molar-refractivity contribution is -0.139. The molecular formula is C21H19NO5S. The highest BCUT2D eigenvalue weighted by atomic mass is 32.2. The first-order valence-corrected chi connectivity index (χ1v) is 10.1. The number of fused-ring (bicyclic) bond motifs is 1. The summed E-state index contributed by atoms with van der Waals surface area (Å²) in [5.41, 5.74) is 1.58. The van der Waals surface area contributed by atoms with Gasteiger partial charge in [0.2, 0.25) is 10.0 Å². The molecule has 144 valence electrons. The minimum absolute atomic E-state index is 0.137. The molecule has 6 nitrogen and oxygen atoms in total. The van der Waals surface area contributed by atoms with E-state index < -0.39 is 22.6 Å². The van der Waals surface area contributed by atoms with Crippen LogP contribution in [0.1, 0.15) is 11.1 Å². The van der Waals surface area contributed by atoms with Crippen molar-refractivity contribution in [2.24, 2.45) is 0 Å². The Morgan fingerprint density at radius 3 is 2.50 bits per heavy atom. The van der Waals surface area contributed by atoms with Gasteiger partial charge in [0.15, 0.2) is 6.61 Å². The highest BCUT2D eigenvalue weighted by Crippen LogP contribution is 2.22. The number of hydrogen-bond acceptors (Lipinski definition) is 4. The predicted octanol–water partition coefficient (Wildman–Crippen LogP) is 3.39. The van der Waals surface area contributed by atoms with Crippen molar-refractivity contribution in [1.82, 2.24) is 4.72 Å². The Hall–Kier alpha value is -3.16. The molecule has 0 spiro atoms. The molecule has 0 saturated heterocycles. The lowest BCUT2D eigenvalue weighted by Gasteiger charge is -2.08. The smallest absolute Gasteiger partial charge is 0.341 e. The molecular weight excluding hydrogens is 378 g/mol. The summed E-state index contributed by atoms with van der Waals surface area (Å²) < 4.78 is 32.1. The molecule has 3 aromatic rings. The Morgan fingerprint density at radius 1 is 1.00 bits per heavy atom. The standard InChI is InChI=1S/C21H19NO5S/c23-21(24)15-27-20-9-8-18-7-6-17(12-19(18)13-20)14-22-28(25,26)11-10-16-4-2-1-3-5-16/h1-13,22H,14-15H2,(H,23,24). The van der Waals surface area contributed by atoms with Gasteiger partial charge in [0, 0.05) is 12.0 Å². The zero-order chi connectivity index (χ0) is 20.0. The van der Waals surface area contributed by atoms with Gasteiger partial charge in [-0.25, -0.2) is 17.9 Å². The first-order chi connectivity index (χ1) is 13.4. The van der Waals surface area contributed by atoms with Gasteiger partial charge in [-0.3, -0.25) is 0 Å². The van der Waals surface area contributed by atoms with Gasteiger partial charge < -0.3 is 9.84 Å². The zero-order valence-corrected chi connectivity index (χ0v) is 15.7. The third-order valence-electron chi connectivity index (χ3n) is 3.96. The van der Waals surface area contributed by atoms with Gasteiger partial charge in [-0.05, 0) is 46.2 Å². The maximum absolute atomic E-state index is 12.2. The van der Waals surface area contributed by atoms with Crippen LogP contribution in [0.15, 0.2) is 72.1 Å². The number of rotatable bonds is 8. The van der Waals surface area contributed by atoms with E-state index in [1.54, 1.807) is 12.1 Å². The molecule has 0 aliphatic carbocycles. The van der Waals surface area contributed by atoms with Crippen LogP contribution in [-0.2, 0) is 21.4 Å². The molecule has 0 aliphatic heterocycles. The predicted molar refractivity (Wildman–Crippen MR) is 108 cm³/mol. The third kappa shape index (κ3) is 5.67. The lowest BCUT2D eigenvalue weighted by atomic mass is 10.1. The van der Waals surface area contributed by atoms with Crippen LogP contribution < -0.4 is 9.46 Å². The SMILES string of the molecule is O=C(O)COc1ccc2ccc(CNS(=O)(=O)C=Cc3ccccc3)cc2c1. The Bertz CT molecular complexity index is 1110. The molecule has 0 radical (unpaired) electrons. The summed E-state index contributed by atoms with van der Waals surface area (Å²) in [6.45, 7) is -0.281. The summed E-state index contributed by atoms with van der Waals surface area (Å²) in [6.07, 6.45) is 1.54. The van der Waals surface area contributed by atoms with Crippen LogP contribution in [0, 0.1) is 0 Å². The summed E-state index contributed by atoms with van der Waals surface area (Å²) in [5.74, 6) is -0.606. The molecule has 3 rings (SSSR count). The van der Waals surface area contributed by atoms with E-state index in [0.717, 1.165) is 27.3 Å². The largest absolute Gasteiger partial charge is 0.482 e. The fourth-order valence-electron chi connectivity index (χ4n) is 2.58. The second kappa shape index (κ2) is 8.69. The maximum Gasteiger partial charge on any atom is 0.341 e. The van der Waals surface area contributed by atoms with Crippen LogP contribution in [0.5, 0.6) is 5.75 Å². The number of carboxylic acids is 1. The number of carboxylic acid groups (broad SMARTS) is 1. The van der Waals surface area contributed by atoms with E-state index in [-0.39, 0.29) is 6.54 Å². The molecule has 0 saturated carbocycles. The first kappa shape index (κ1) is 19.6. The summed E-state index contributed by atoms with van der Waals surface area (Å²) in [4.78, 5) is 10.6. The van der Waals surface area contributed by atoms with Crippen molar-refractivity contribution in [3.63, 3.8) is 0 Å². The van der Waals surface area contributed by atoms with E-state index in [1.807, 2.05) is 54.6 Å². The lowest BCUT2D eigenvalue weighted by Crippen LogP contribution is -2.20. The first-order valence-electron chi connectivity index (χ1n) is 8.51. The fraction of sp³-hybridized carbons (Fsp3) is 0.0952. The minimum atomic E-state index is -3.58. The van der Waals surface area contributed by atoms with Crippen molar-refractivity contribution in [1.29, 1.82) is 0 Å². The van der Waals surface area contributed by atoms with Crippen LogP contribution >= 0.6 is 0 Å². The summed E-state index contributed by atoms with van der Waals surface area (Å²) >= 11 is 0. The third-order valence-corrected chi connectivity index (χ3v) is 5.00. The van der Waals surface area contributed by atoms with Crippen LogP contribution in [0.4, 0.5) is 0 Å². The Morgan fingerprint density at radius 2 is 1.75 bits per heavy atom. The molecule has 0 fully saturated rings. The van der Waals surface area contributed by atoms with E-state index in [2.05, 4.69) is 4.72 Å². The van der Waals surface area contributed by atoms with E-state index >= 15 is 0 Å². The van der Waals surface area contributed by atoms with Crippen LogP contribution in [0.2, 0.25) is 0 Å². The van der Waals surface area contributed by atoms with Crippen LogP contribution in [0.3, 0.4) is 0 Å². The fourth-order valence-corrected chi connectivity index (χ4v) is 3.38. The summed E-state index contributed by atoms with van der Waals surface area (Å²) in [6, 6.07) is 20.0. The molecule has 0 bridgehead atoms. The topological polar surface area (TPSA) is 92.7 Å². The van der Waals surface area contributed by atoms with E-state index in [9.17, 15) is 13.2 Å². The average Bonchev–Trinajstić information content (AvgIpc) is 2.70. The Labute approximate surface area is 163 Å². The Balaban J connectivity index is 1.69. The van der Waals surface area contributed by atoms with Crippen LogP contribution in [0.25, 0.3) is 16.8 Å². The van der Waals surface area contributed by atoms with Gasteiger partial charge in [0.1, 0.15) is 5.75 Å². The van der Waals surface area contributed by atoms with Gasteiger partial charge in [0.25, 0.3) is 0 Å². The highest BCUT2D eigenvalue weighted by molar-refractivity contribution is 7.92. The zero-order valence-electron chi connectivity index (χ0n) is 14.9. The van der Waals surface area contributed by atoms with Gasteiger partial charge in [-0.2, -0.15) is 0 Å². The number of aliphatic carboxylic acids is 1. The second-order valence-corrected chi connectivity index (χ2v) is 7.76. The van der Waals surface area contributed by atoms with Gasteiger partial charge >= 0.3 is 5.97 Å². The summed E-state index contributed by atoms with van der Waals surface area (Å²) in [5, 5.41) is 11.6. The van der Waals surface area contributed by atoms with Gasteiger partial charge in [0.05, 0.1) is 0 Å². The van der Waals surface area contributed by atoms with E-state index in [0.29, 0.717) is 5.75 Å². The minimum Gasteiger partial charge on any atom is -0.482 e. The molecule has 3 aromatic carbocycles. The normalized spacial score (nSPS) is 11.7. The summed E-state index contributed by atoms with van der Waals surface area (Å²) in [7, 11) is -3.58. The molecule has 0 aromatic heterocycles. The molecule has 0 atom stereocenters.